The molecule has 33 heavy (non-hydrogen) atoms. The van der Waals surface area contributed by atoms with Crippen LogP contribution >= 0.6 is 0 Å². The third kappa shape index (κ3) is 4.96. The zero-order chi connectivity index (χ0) is 22.6. The van der Waals surface area contributed by atoms with Gasteiger partial charge in [0.05, 0.1) is 19.7 Å². The number of hydrogen-bond donors (Lipinski definition) is 0. The first kappa shape index (κ1) is 22.1. The zero-order valence-electron chi connectivity index (χ0n) is 19.5. The molecule has 2 fully saturated rings. The number of carbonyl (C=O) groups excluding carboxylic acids is 1. The van der Waals surface area contributed by atoms with Crippen molar-refractivity contribution in [3.05, 3.63) is 53.6 Å². The summed E-state index contributed by atoms with van der Waals surface area (Å²) in [5.74, 6) is 3.47. The maximum Gasteiger partial charge on any atom is 0.237 e. The van der Waals surface area contributed by atoms with Gasteiger partial charge in [0.2, 0.25) is 5.91 Å². The summed E-state index contributed by atoms with van der Waals surface area (Å²) in [7, 11) is 1.74. The molecule has 5 rings (SSSR count). The molecule has 1 amide bonds. The largest absolute Gasteiger partial charge is 0.496 e. The summed E-state index contributed by atoms with van der Waals surface area (Å²) < 4.78 is 16.9. The van der Waals surface area contributed by atoms with Gasteiger partial charge in [0.25, 0.3) is 0 Å². The molecule has 0 N–H and O–H groups in total. The van der Waals surface area contributed by atoms with Gasteiger partial charge < -0.3 is 19.1 Å². The molecule has 0 spiro atoms. The maximum atomic E-state index is 13.3. The van der Waals surface area contributed by atoms with E-state index in [2.05, 4.69) is 34.1 Å². The third-order valence-corrected chi connectivity index (χ3v) is 7.29. The highest BCUT2D eigenvalue weighted by Crippen LogP contribution is 2.38. The molecule has 1 unspecified atom stereocenters. The van der Waals surface area contributed by atoms with Crippen LogP contribution in [0.1, 0.15) is 42.9 Å². The number of carbonyl (C=O) groups is 1. The van der Waals surface area contributed by atoms with Crippen molar-refractivity contribution in [1.29, 1.82) is 0 Å². The molecule has 0 aliphatic carbocycles. The number of ether oxygens (including phenoxy) is 3. The second-order valence-electron chi connectivity index (χ2n) is 9.38. The van der Waals surface area contributed by atoms with E-state index in [0.29, 0.717) is 25.7 Å². The number of amides is 1. The molecule has 1 atom stereocenters. The van der Waals surface area contributed by atoms with E-state index >= 15 is 0 Å². The lowest BCUT2D eigenvalue weighted by Crippen LogP contribution is -2.43. The molecule has 6 nitrogen and oxygen atoms in total. The van der Waals surface area contributed by atoms with Crippen molar-refractivity contribution in [2.24, 2.45) is 5.92 Å². The van der Waals surface area contributed by atoms with E-state index in [4.69, 9.17) is 14.2 Å². The summed E-state index contributed by atoms with van der Waals surface area (Å²) in [6.45, 7) is 4.49. The molecule has 3 aliphatic rings. The van der Waals surface area contributed by atoms with Crippen molar-refractivity contribution in [3.63, 3.8) is 0 Å². The van der Waals surface area contributed by atoms with Crippen LogP contribution in [-0.2, 0) is 11.2 Å². The normalized spacial score (nSPS) is 21.2. The lowest BCUT2D eigenvalue weighted by Gasteiger charge is -2.34. The molecule has 3 heterocycles. The summed E-state index contributed by atoms with van der Waals surface area (Å²) in [6.07, 6.45) is 5.34. The molecule has 6 heteroatoms. The van der Waals surface area contributed by atoms with E-state index in [9.17, 15) is 4.79 Å². The maximum absolute atomic E-state index is 13.3. The van der Waals surface area contributed by atoms with Gasteiger partial charge in [-0.15, -0.1) is 0 Å². The number of methoxy groups -OCH3 is 1. The third-order valence-electron chi connectivity index (χ3n) is 7.29. The van der Waals surface area contributed by atoms with E-state index in [-0.39, 0.29) is 11.9 Å². The Morgan fingerprint density at radius 3 is 2.61 bits per heavy atom. The van der Waals surface area contributed by atoms with Crippen molar-refractivity contribution in [3.8, 4) is 17.2 Å². The van der Waals surface area contributed by atoms with Gasteiger partial charge in [0.1, 0.15) is 19.0 Å². The average Bonchev–Trinajstić information content (AvgIpc) is 3.35. The van der Waals surface area contributed by atoms with Gasteiger partial charge in [-0.3, -0.25) is 9.69 Å². The predicted octanol–water partition coefficient (Wildman–Crippen LogP) is 4.08. The van der Waals surface area contributed by atoms with Gasteiger partial charge in [-0.25, -0.2) is 0 Å². The molecule has 0 saturated carbocycles. The van der Waals surface area contributed by atoms with Gasteiger partial charge >= 0.3 is 0 Å². The first-order chi connectivity index (χ1) is 16.2. The van der Waals surface area contributed by atoms with Gasteiger partial charge in [0.15, 0.2) is 11.5 Å². The van der Waals surface area contributed by atoms with E-state index in [0.717, 1.165) is 74.6 Å². The molecule has 176 valence electrons. The smallest absolute Gasteiger partial charge is 0.237 e. The second-order valence-corrected chi connectivity index (χ2v) is 9.38. The lowest BCUT2D eigenvalue weighted by atomic mass is 9.90. The van der Waals surface area contributed by atoms with Crippen LogP contribution < -0.4 is 14.2 Å². The first-order valence-corrected chi connectivity index (χ1v) is 12.2. The molecule has 0 aromatic heterocycles. The highest BCUT2D eigenvalue weighted by molar-refractivity contribution is 5.79. The number of piperidine rings is 1. The topological polar surface area (TPSA) is 51.2 Å². The molecule has 2 aromatic rings. The Morgan fingerprint density at radius 2 is 1.79 bits per heavy atom. The minimum Gasteiger partial charge on any atom is -0.496 e. The molecule has 0 radical (unpaired) electrons. The SMILES string of the molecule is COc1ccccc1CC1CCN(CC(=O)N2CCCC2c2ccc3c(c2)OCCO3)CC1. The van der Waals surface area contributed by atoms with Crippen molar-refractivity contribution >= 4 is 5.91 Å². The van der Waals surface area contributed by atoms with Crippen molar-refractivity contribution in [1.82, 2.24) is 9.80 Å². The Kier molecular flexibility index (Phi) is 6.72. The Morgan fingerprint density at radius 1 is 1.00 bits per heavy atom. The summed E-state index contributed by atoms with van der Waals surface area (Å²) in [5, 5.41) is 0. The minimum absolute atomic E-state index is 0.136. The Labute approximate surface area is 196 Å². The zero-order valence-corrected chi connectivity index (χ0v) is 19.5. The molecule has 2 aromatic carbocycles. The van der Waals surface area contributed by atoms with Crippen LogP contribution in [0.25, 0.3) is 0 Å². The average molecular weight is 451 g/mol. The van der Waals surface area contributed by atoms with Crippen molar-refractivity contribution in [2.75, 3.05) is 46.5 Å². The lowest BCUT2D eigenvalue weighted by molar-refractivity contribution is -0.133. The van der Waals surface area contributed by atoms with Crippen LogP contribution in [0, 0.1) is 5.92 Å². The number of nitrogens with zero attached hydrogens (tertiary/aromatic N) is 2. The van der Waals surface area contributed by atoms with Crippen LogP contribution in [0.5, 0.6) is 17.2 Å². The van der Waals surface area contributed by atoms with Crippen molar-refractivity contribution in [2.45, 2.75) is 38.1 Å². The number of para-hydroxylation sites is 1. The van der Waals surface area contributed by atoms with Gasteiger partial charge in [-0.2, -0.15) is 0 Å². The summed E-state index contributed by atoms with van der Waals surface area (Å²) in [4.78, 5) is 17.7. The second kappa shape index (κ2) is 10.0. The minimum atomic E-state index is 0.136. The van der Waals surface area contributed by atoms with Crippen LogP contribution in [0.4, 0.5) is 0 Å². The van der Waals surface area contributed by atoms with E-state index in [1.807, 2.05) is 18.2 Å². The van der Waals surface area contributed by atoms with Crippen LogP contribution in [0.2, 0.25) is 0 Å². The van der Waals surface area contributed by atoms with E-state index < -0.39 is 0 Å². The highest BCUT2D eigenvalue weighted by atomic mass is 16.6. The number of rotatable bonds is 6. The number of fused-ring (bicyclic) bond motifs is 1. The van der Waals surface area contributed by atoms with E-state index in [1.165, 1.54) is 5.56 Å². The van der Waals surface area contributed by atoms with E-state index in [1.54, 1.807) is 7.11 Å². The number of benzene rings is 2. The van der Waals surface area contributed by atoms with Crippen LogP contribution in [-0.4, -0.2) is 62.2 Å². The number of hydrogen-bond acceptors (Lipinski definition) is 5. The Bertz CT molecular complexity index is 970. The monoisotopic (exact) mass is 450 g/mol. The Hall–Kier alpha value is -2.73. The molecule has 0 bridgehead atoms. The number of likely N-dealkylation sites (tertiary alicyclic amines) is 2. The summed E-state index contributed by atoms with van der Waals surface area (Å²) in [5.41, 5.74) is 2.44. The molecular weight excluding hydrogens is 416 g/mol. The predicted molar refractivity (Wildman–Crippen MR) is 127 cm³/mol. The summed E-state index contributed by atoms with van der Waals surface area (Å²) in [6, 6.07) is 14.6. The standard InChI is InChI=1S/C27H34N2O4/c1-31-24-7-3-2-5-22(24)17-20-10-13-28(14-11-20)19-27(30)29-12-4-6-23(29)21-8-9-25-26(18-21)33-16-15-32-25/h2-3,5,7-9,18,20,23H,4,6,10-17,19H2,1H3. The molecule has 2 saturated heterocycles. The highest BCUT2D eigenvalue weighted by Gasteiger charge is 2.32. The molecule has 3 aliphatic heterocycles. The fraction of sp³-hybridized carbons (Fsp3) is 0.519. The van der Waals surface area contributed by atoms with Gasteiger partial charge in [0, 0.05) is 6.54 Å². The fourth-order valence-corrected chi connectivity index (χ4v) is 5.49. The quantitative estimate of drug-likeness (QED) is 0.664. The van der Waals surface area contributed by atoms with Crippen molar-refractivity contribution < 1.29 is 19.0 Å². The molecular formula is C27H34N2O4. The Balaban J connectivity index is 1.16. The fourth-order valence-electron chi connectivity index (χ4n) is 5.49. The van der Waals surface area contributed by atoms with Crippen LogP contribution in [0.15, 0.2) is 42.5 Å². The van der Waals surface area contributed by atoms with Crippen LogP contribution in [0.3, 0.4) is 0 Å². The van der Waals surface area contributed by atoms with Gasteiger partial charge in [-0.05, 0) is 80.4 Å². The first-order valence-electron chi connectivity index (χ1n) is 12.2. The van der Waals surface area contributed by atoms with Gasteiger partial charge in [-0.1, -0.05) is 24.3 Å². The summed E-state index contributed by atoms with van der Waals surface area (Å²) >= 11 is 0.